The van der Waals surface area contributed by atoms with Crippen LogP contribution >= 0.6 is 11.3 Å². The predicted molar refractivity (Wildman–Crippen MR) is 70.8 cm³/mol. The van der Waals surface area contributed by atoms with Crippen LogP contribution in [0.25, 0.3) is 0 Å². The summed E-state index contributed by atoms with van der Waals surface area (Å²) in [6, 6.07) is -0.739. The fraction of sp³-hybridized carbons (Fsp3) is 0.583. The van der Waals surface area contributed by atoms with Crippen LogP contribution in [-0.2, 0) is 4.79 Å². The minimum absolute atomic E-state index is 0.166. The Morgan fingerprint density at radius 3 is 2.56 bits per heavy atom. The summed E-state index contributed by atoms with van der Waals surface area (Å²) in [5, 5.41) is 4.23. The zero-order valence-corrected chi connectivity index (χ0v) is 11.8. The summed E-state index contributed by atoms with van der Waals surface area (Å²) in [6.07, 6.45) is 0.665. The number of aromatic nitrogens is 1. The van der Waals surface area contributed by atoms with E-state index in [2.05, 4.69) is 10.3 Å². The lowest BCUT2D eigenvalue weighted by Gasteiger charge is -2.12. The Morgan fingerprint density at radius 1 is 1.39 bits per heavy atom. The van der Waals surface area contributed by atoms with E-state index in [4.69, 9.17) is 0 Å². The SMILES string of the molecule is Cc1nc(C)c(N2C(=O)N[C@H](CC(C)C)C2=O)s1. The molecule has 5 nitrogen and oxygen atoms in total. The van der Waals surface area contributed by atoms with Gasteiger partial charge in [0.1, 0.15) is 11.0 Å². The van der Waals surface area contributed by atoms with Crippen molar-refractivity contribution in [1.82, 2.24) is 10.3 Å². The van der Waals surface area contributed by atoms with E-state index < -0.39 is 6.04 Å². The Labute approximate surface area is 110 Å². The first-order valence-corrected chi connectivity index (χ1v) is 6.80. The van der Waals surface area contributed by atoms with Gasteiger partial charge in [-0.2, -0.15) is 0 Å². The monoisotopic (exact) mass is 267 g/mol. The number of amides is 3. The van der Waals surface area contributed by atoms with E-state index in [1.54, 1.807) is 0 Å². The highest BCUT2D eigenvalue weighted by Gasteiger charge is 2.40. The molecule has 18 heavy (non-hydrogen) atoms. The molecule has 0 bridgehead atoms. The molecule has 2 heterocycles. The molecular weight excluding hydrogens is 250 g/mol. The van der Waals surface area contributed by atoms with Gasteiger partial charge in [-0.15, -0.1) is 11.3 Å². The molecule has 1 N–H and O–H groups in total. The number of urea groups is 1. The molecule has 1 aromatic rings. The van der Waals surface area contributed by atoms with E-state index in [-0.39, 0.29) is 11.9 Å². The van der Waals surface area contributed by atoms with Gasteiger partial charge < -0.3 is 5.32 Å². The number of nitrogens with one attached hydrogen (secondary N) is 1. The first kappa shape index (κ1) is 13.0. The number of aryl methyl sites for hydroxylation is 2. The Bertz CT molecular complexity index is 496. The van der Waals surface area contributed by atoms with Crippen molar-refractivity contribution in [2.24, 2.45) is 5.92 Å². The molecule has 0 radical (unpaired) electrons. The summed E-state index contributed by atoms with van der Waals surface area (Å²) < 4.78 is 0. The number of anilines is 1. The summed E-state index contributed by atoms with van der Waals surface area (Å²) in [4.78, 5) is 29.6. The van der Waals surface area contributed by atoms with Crippen LogP contribution in [0.3, 0.4) is 0 Å². The second-order valence-corrected chi connectivity index (χ2v) is 6.11. The molecule has 2 rings (SSSR count). The molecule has 1 aromatic heterocycles. The number of rotatable bonds is 3. The van der Waals surface area contributed by atoms with Crippen LogP contribution in [0.1, 0.15) is 31.0 Å². The molecule has 3 amide bonds. The second-order valence-electron chi connectivity index (χ2n) is 4.93. The van der Waals surface area contributed by atoms with E-state index in [0.29, 0.717) is 17.3 Å². The van der Waals surface area contributed by atoms with Crippen molar-refractivity contribution >= 4 is 28.3 Å². The van der Waals surface area contributed by atoms with Crippen molar-refractivity contribution in [3.8, 4) is 0 Å². The summed E-state index contributed by atoms with van der Waals surface area (Å²) in [5.74, 6) is 0.198. The van der Waals surface area contributed by atoms with Gasteiger partial charge in [0.05, 0.1) is 10.7 Å². The topological polar surface area (TPSA) is 62.3 Å². The molecule has 0 unspecified atom stereocenters. The van der Waals surface area contributed by atoms with Crippen LogP contribution in [0.4, 0.5) is 9.80 Å². The second kappa shape index (κ2) is 4.68. The van der Waals surface area contributed by atoms with Crippen molar-refractivity contribution in [2.45, 2.75) is 40.2 Å². The van der Waals surface area contributed by atoms with E-state index in [9.17, 15) is 9.59 Å². The maximum Gasteiger partial charge on any atom is 0.330 e. The fourth-order valence-electron chi connectivity index (χ4n) is 2.08. The molecule has 6 heteroatoms. The lowest BCUT2D eigenvalue weighted by atomic mass is 10.0. The highest BCUT2D eigenvalue weighted by atomic mass is 32.1. The first-order chi connectivity index (χ1) is 8.40. The zero-order valence-electron chi connectivity index (χ0n) is 11.0. The summed E-state index contributed by atoms with van der Waals surface area (Å²) >= 11 is 1.37. The summed E-state index contributed by atoms with van der Waals surface area (Å²) in [6.45, 7) is 7.74. The highest BCUT2D eigenvalue weighted by Crippen LogP contribution is 2.31. The maximum absolute atomic E-state index is 12.2. The van der Waals surface area contributed by atoms with Crippen LogP contribution in [0.15, 0.2) is 0 Å². The van der Waals surface area contributed by atoms with Crippen molar-refractivity contribution in [2.75, 3.05) is 4.90 Å². The maximum atomic E-state index is 12.2. The highest BCUT2D eigenvalue weighted by molar-refractivity contribution is 7.16. The molecule has 0 spiro atoms. The largest absolute Gasteiger partial charge is 0.330 e. The number of nitrogens with zero attached hydrogens (tertiary/aromatic N) is 2. The standard InChI is InChI=1S/C12H17N3O2S/c1-6(2)5-9-10(16)15(12(17)14-9)11-7(3)13-8(4)18-11/h6,9H,5H2,1-4H3,(H,14,17)/t9-/m1/s1. The van der Waals surface area contributed by atoms with Crippen LogP contribution in [-0.4, -0.2) is 23.0 Å². The van der Waals surface area contributed by atoms with Crippen LogP contribution in [0.2, 0.25) is 0 Å². The zero-order chi connectivity index (χ0) is 13.4. The molecule has 1 fully saturated rings. The van der Waals surface area contributed by atoms with Gasteiger partial charge in [-0.25, -0.2) is 14.7 Å². The molecule has 98 valence electrons. The van der Waals surface area contributed by atoms with Crippen molar-refractivity contribution in [3.63, 3.8) is 0 Å². The molecule has 0 aliphatic carbocycles. The van der Waals surface area contributed by atoms with Gasteiger partial charge in [0, 0.05) is 0 Å². The quantitative estimate of drug-likeness (QED) is 0.854. The number of thiazole rings is 1. The number of hydrogen-bond donors (Lipinski definition) is 1. The van der Waals surface area contributed by atoms with Gasteiger partial charge in [0.2, 0.25) is 0 Å². The van der Waals surface area contributed by atoms with E-state index >= 15 is 0 Å². The van der Waals surface area contributed by atoms with Crippen molar-refractivity contribution in [1.29, 1.82) is 0 Å². The van der Waals surface area contributed by atoms with Crippen LogP contribution < -0.4 is 10.2 Å². The number of carbonyl (C=O) groups excluding carboxylic acids is 2. The number of imide groups is 1. The lowest BCUT2D eigenvalue weighted by molar-refractivity contribution is -0.118. The first-order valence-electron chi connectivity index (χ1n) is 5.98. The minimum Gasteiger partial charge on any atom is -0.325 e. The predicted octanol–water partition coefficient (Wildman–Crippen LogP) is 2.23. The van der Waals surface area contributed by atoms with Gasteiger partial charge in [-0.1, -0.05) is 13.8 Å². The summed E-state index contributed by atoms with van der Waals surface area (Å²) in [7, 11) is 0. The Morgan fingerprint density at radius 2 is 2.06 bits per heavy atom. The van der Waals surface area contributed by atoms with E-state index in [0.717, 1.165) is 10.7 Å². The number of hydrogen-bond acceptors (Lipinski definition) is 4. The van der Waals surface area contributed by atoms with Crippen LogP contribution in [0.5, 0.6) is 0 Å². The summed E-state index contributed by atoms with van der Waals surface area (Å²) in [5.41, 5.74) is 0.728. The Hall–Kier alpha value is -1.43. The normalized spacial score (nSPS) is 19.8. The Kier molecular flexibility index (Phi) is 3.38. The van der Waals surface area contributed by atoms with Gasteiger partial charge in [0.15, 0.2) is 0 Å². The molecule has 1 atom stereocenters. The molecule has 0 saturated carbocycles. The molecular formula is C12H17N3O2S. The van der Waals surface area contributed by atoms with Gasteiger partial charge in [-0.3, -0.25) is 4.79 Å². The molecule has 0 aromatic carbocycles. The average Bonchev–Trinajstić information content (AvgIpc) is 2.68. The number of carbonyl (C=O) groups is 2. The smallest absolute Gasteiger partial charge is 0.325 e. The third-order valence-electron chi connectivity index (χ3n) is 2.81. The fourth-order valence-corrected chi connectivity index (χ4v) is 3.00. The van der Waals surface area contributed by atoms with E-state index in [1.807, 2.05) is 27.7 Å². The van der Waals surface area contributed by atoms with Crippen molar-refractivity contribution in [3.05, 3.63) is 10.7 Å². The van der Waals surface area contributed by atoms with Crippen molar-refractivity contribution < 1.29 is 9.59 Å². The van der Waals surface area contributed by atoms with E-state index in [1.165, 1.54) is 16.2 Å². The van der Waals surface area contributed by atoms with Gasteiger partial charge >= 0.3 is 6.03 Å². The molecule has 1 saturated heterocycles. The molecule has 1 aliphatic rings. The average molecular weight is 267 g/mol. The molecule has 1 aliphatic heterocycles. The third kappa shape index (κ3) is 2.25. The van der Waals surface area contributed by atoms with Crippen LogP contribution in [0, 0.1) is 19.8 Å². The minimum atomic E-state index is -0.403. The lowest BCUT2D eigenvalue weighted by Crippen LogP contribution is -2.31. The Balaban J connectivity index is 2.27. The van der Waals surface area contributed by atoms with Gasteiger partial charge in [0.25, 0.3) is 5.91 Å². The van der Waals surface area contributed by atoms with Gasteiger partial charge in [-0.05, 0) is 26.2 Å². The third-order valence-corrected chi connectivity index (χ3v) is 3.87.